The quantitative estimate of drug-likeness (QED) is 0.196. The van der Waals surface area contributed by atoms with Crippen molar-refractivity contribution in [3.05, 3.63) is 69.6 Å². The SMILES string of the molecule is COc1cc2c(c(OC)c1OC)-c1ccc(NCC(=O)Nc3ccc4nc(CC(C)C)[nH]c4c3)c(=O)cc1[C@H](NC(C)=O)CC2. The van der Waals surface area contributed by atoms with Crippen LogP contribution in [0.5, 0.6) is 17.2 Å². The predicted molar refractivity (Wildman–Crippen MR) is 174 cm³/mol. The maximum atomic E-state index is 13.5. The van der Waals surface area contributed by atoms with Gasteiger partial charge >= 0.3 is 0 Å². The van der Waals surface area contributed by atoms with Crippen molar-refractivity contribution in [2.75, 3.05) is 38.5 Å². The first-order valence-corrected chi connectivity index (χ1v) is 14.9. The van der Waals surface area contributed by atoms with Crippen molar-refractivity contribution in [1.82, 2.24) is 15.3 Å². The molecular formula is C34H39N5O6. The third kappa shape index (κ3) is 6.72. The Morgan fingerprint density at radius 1 is 1.02 bits per heavy atom. The number of carbonyl (C=O) groups is 2. The molecule has 0 saturated heterocycles. The van der Waals surface area contributed by atoms with Gasteiger partial charge in [-0.05, 0) is 71.8 Å². The van der Waals surface area contributed by atoms with Gasteiger partial charge < -0.3 is 35.1 Å². The number of ether oxygens (including phenoxy) is 3. The first kappa shape index (κ1) is 31.4. The second-order valence-electron chi connectivity index (χ2n) is 11.5. The molecule has 236 valence electrons. The Morgan fingerprint density at radius 2 is 1.80 bits per heavy atom. The molecule has 0 radical (unpaired) electrons. The lowest BCUT2D eigenvalue weighted by atomic mass is 9.95. The number of anilines is 2. The molecule has 4 N–H and O–H groups in total. The lowest BCUT2D eigenvalue weighted by molar-refractivity contribution is -0.119. The number of benzene rings is 2. The molecule has 0 unspecified atom stereocenters. The minimum atomic E-state index is -0.429. The van der Waals surface area contributed by atoms with Crippen LogP contribution < -0.4 is 35.6 Å². The Hall–Kier alpha value is -5.06. The topological polar surface area (TPSA) is 144 Å². The van der Waals surface area contributed by atoms with Crippen LogP contribution in [0.4, 0.5) is 11.4 Å². The van der Waals surface area contributed by atoms with E-state index in [1.54, 1.807) is 26.4 Å². The van der Waals surface area contributed by atoms with Gasteiger partial charge in [0.1, 0.15) is 5.82 Å². The lowest BCUT2D eigenvalue weighted by Gasteiger charge is -2.19. The van der Waals surface area contributed by atoms with E-state index in [9.17, 15) is 14.4 Å². The molecule has 1 aliphatic rings. The fourth-order valence-corrected chi connectivity index (χ4v) is 5.86. The number of imidazole rings is 1. The van der Waals surface area contributed by atoms with Gasteiger partial charge in [-0.25, -0.2) is 4.98 Å². The van der Waals surface area contributed by atoms with Crippen molar-refractivity contribution in [2.24, 2.45) is 5.92 Å². The van der Waals surface area contributed by atoms with E-state index < -0.39 is 6.04 Å². The molecule has 0 saturated carbocycles. The molecular weight excluding hydrogens is 574 g/mol. The van der Waals surface area contributed by atoms with Gasteiger partial charge in [-0.3, -0.25) is 14.4 Å². The number of aromatic amines is 1. The van der Waals surface area contributed by atoms with Gasteiger partial charge in [-0.1, -0.05) is 19.9 Å². The van der Waals surface area contributed by atoms with E-state index in [2.05, 4.69) is 39.8 Å². The van der Waals surface area contributed by atoms with Crippen molar-refractivity contribution < 1.29 is 23.8 Å². The fourth-order valence-electron chi connectivity index (χ4n) is 5.86. The lowest BCUT2D eigenvalue weighted by Crippen LogP contribution is -2.27. The summed E-state index contributed by atoms with van der Waals surface area (Å²) in [7, 11) is 4.65. The van der Waals surface area contributed by atoms with E-state index in [1.165, 1.54) is 20.1 Å². The van der Waals surface area contributed by atoms with Crippen molar-refractivity contribution in [3.8, 4) is 28.4 Å². The zero-order valence-electron chi connectivity index (χ0n) is 26.4. The monoisotopic (exact) mass is 613 g/mol. The Kier molecular flexibility index (Phi) is 9.26. The van der Waals surface area contributed by atoms with Crippen LogP contribution in [0.25, 0.3) is 22.2 Å². The molecule has 4 aromatic rings. The average Bonchev–Trinajstić information content (AvgIpc) is 3.24. The number of aromatic nitrogens is 2. The molecule has 5 rings (SSSR count). The minimum absolute atomic E-state index is 0.135. The maximum Gasteiger partial charge on any atom is 0.243 e. The highest BCUT2D eigenvalue weighted by Crippen LogP contribution is 2.50. The van der Waals surface area contributed by atoms with Gasteiger partial charge in [0.15, 0.2) is 11.5 Å². The minimum Gasteiger partial charge on any atom is -0.493 e. The van der Waals surface area contributed by atoms with E-state index in [1.807, 2.05) is 24.3 Å². The summed E-state index contributed by atoms with van der Waals surface area (Å²) in [4.78, 5) is 46.6. The molecule has 0 fully saturated rings. The first-order chi connectivity index (χ1) is 21.6. The standard InChI is InChI=1S/C34H39N5O6/c1-18(2)13-30-38-25-11-8-21(15-27(25)39-30)37-31(42)17-35-26-12-9-22-23(16-28(26)41)24(36-19(3)40)10-7-20-14-29(43-4)33(44-5)34(45-6)32(20)22/h8-9,11-12,14-16,18,24H,7,10,13,17H2,1-6H3,(H,35,41)(H,36,40)(H,37,42)(H,38,39)/t24-/m1/s1. The molecule has 1 aromatic heterocycles. The number of rotatable bonds is 10. The van der Waals surface area contributed by atoms with Crippen LogP contribution in [0.15, 0.2) is 47.3 Å². The van der Waals surface area contributed by atoms with Gasteiger partial charge in [0, 0.05) is 24.6 Å². The number of amides is 2. The molecule has 0 aliphatic heterocycles. The van der Waals surface area contributed by atoms with Crippen LogP contribution >= 0.6 is 0 Å². The number of nitrogens with zero attached hydrogens (tertiary/aromatic N) is 1. The molecule has 45 heavy (non-hydrogen) atoms. The van der Waals surface area contributed by atoms with Gasteiger partial charge in [0.05, 0.1) is 50.6 Å². The van der Waals surface area contributed by atoms with Crippen molar-refractivity contribution in [1.29, 1.82) is 0 Å². The number of carbonyl (C=O) groups excluding carboxylic acids is 2. The largest absolute Gasteiger partial charge is 0.493 e. The maximum absolute atomic E-state index is 13.5. The summed E-state index contributed by atoms with van der Waals surface area (Å²) in [6.45, 7) is 5.58. The normalized spacial score (nSPS) is 13.8. The zero-order chi connectivity index (χ0) is 32.2. The van der Waals surface area contributed by atoms with Crippen molar-refractivity contribution in [2.45, 2.75) is 46.1 Å². The molecule has 1 heterocycles. The summed E-state index contributed by atoms with van der Waals surface area (Å²) in [5.74, 6) is 2.26. The highest BCUT2D eigenvalue weighted by Gasteiger charge is 2.29. The number of methoxy groups -OCH3 is 3. The second-order valence-corrected chi connectivity index (χ2v) is 11.5. The van der Waals surface area contributed by atoms with Crippen LogP contribution in [0.1, 0.15) is 50.2 Å². The smallest absolute Gasteiger partial charge is 0.243 e. The molecule has 0 spiro atoms. The summed E-state index contributed by atoms with van der Waals surface area (Å²) >= 11 is 0. The zero-order valence-corrected chi connectivity index (χ0v) is 26.4. The van der Waals surface area contributed by atoms with E-state index >= 15 is 0 Å². The van der Waals surface area contributed by atoms with Crippen LogP contribution in [0.2, 0.25) is 0 Å². The Balaban J connectivity index is 1.45. The fraction of sp³-hybridized carbons (Fsp3) is 0.353. The van der Waals surface area contributed by atoms with Crippen LogP contribution in [-0.4, -0.2) is 49.7 Å². The van der Waals surface area contributed by atoms with E-state index in [0.717, 1.165) is 34.4 Å². The third-order valence-corrected chi connectivity index (χ3v) is 7.77. The third-order valence-electron chi connectivity index (χ3n) is 7.77. The molecule has 3 aromatic carbocycles. The van der Waals surface area contributed by atoms with Crippen molar-refractivity contribution >= 4 is 34.2 Å². The Labute approximate surface area is 261 Å². The second kappa shape index (κ2) is 13.3. The van der Waals surface area contributed by atoms with Crippen LogP contribution in [0, 0.1) is 5.92 Å². The summed E-state index contributed by atoms with van der Waals surface area (Å²) in [5, 5.41) is 8.88. The molecule has 11 heteroatoms. The number of hydrogen-bond donors (Lipinski definition) is 4. The van der Waals surface area contributed by atoms with Gasteiger partial charge in [0.25, 0.3) is 0 Å². The van der Waals surface area contributed by atoms with E-state index in [4.69, 9.17) is 14.2 Å². The number of fused-ring (bicyclic) bond motifs is 4. The average molecular weight is 614 g/mol. The summed E-state index contributed by atoms with van der Waals surface area (Å²) in [6.07, 6.45) is 1.98. The molecule has 1 atom stereocenters. The van der Waals surface area contributed by atoms with Gasteiger partial charge in [0.2, 0.25) is 23.0 Å². The van der Waals surface area contributed by atoms with Crippen molar-refractivity contribution in [3.63, 3.8) is 0 Å². The van der Waals surface area contributed by atoms with E-state index in [-0.39, 0.29) is 29.5 Å². The molecule has 0 bridgehead atoms. The summed E-state index contributed by atoms with van der Waals surface area (Å²) < 4.78 is 17.1. The van der Waals surface area contributed by atoms with Crippen LogP contribution in [0.3, 0.4) is 0 Å². The van der Waals surface area contributed by atoms with E-state index in [0.29, 0.717) is 52.8 Å². The number of hydrogen-bond acceptors (Lipinski definition) is 8. The molecule has 2 amide bonds. The number of nitrogens with one attached hydrogen (secondary N) is 4. The number of aryl methyl sites for hydroxylation is 1. The Bertz CT molecular complexity index is 1820. The highest BCUT2D eigenvalue weighted by molar-refractivity contribution is 5.95. The molecule has 1 aliphatic carbocycles. The highest BCUT2D eigenvalue weighted by atomic mass is 16.5. The van der Waals surface area contributed by atoms with Crippen LogP contribution in [-0.2, 0) is 22.4 Å². The summed E-state index contributed by atoms with van der Waals surface area (Å²) in [6, 6.07) is 12.0. The van der Waals surface area contributed by atoms with Gasteiger partial charge in [-0.15, -0.1) is 0 Å². The Morgan fingerprint density at radius 3 is 2.49 bits per heavy atom. The van der Waals surface area contributed by atoms with Gasteiger partial charge in [-0.2, -0.15) is 0 Å². The first-order valence-electron chi connectivity index (χ1n) is 14.9. The predicted octanol–water partition coefficient (Wildman–Crippen LogP) is 4.99. The molecule has 11 nitrogen and oxygen atoms in total. The summed E-state index contributed by atoms with van der Waals surface area (Å²) in [5.41, 5.74) is 5.24. The number of H-pyrrole nitrogens is 1.